The second-order valence-corrected chi connectivity index (χ2v) is 12.6. The summed E-state index contributed by atoms with van der Waals surface area (Å²) in [6.45, 7) is 3.22. The Morgan fingerprint density at radius 2 is 1.58 bits per heavy atom. The summed E-state index contributed by atoms with van der Waals surface area (Å²) >= 11 is 0. The van der Waals surface area contributed by atoms with Gasteiger partial charge in [-0.05, 0) is 67.9 Å². The number of benzene rings is 3. The summed E-state index contributed by atoms with van der Waals surface area (Å²) in [7, 11) is -6.56. The van der Waals surface area contributed by atoms with Gasteiger partial charge in [0.25, 0.3) is 10.0 Å². The molecule has 4 rings (SSSR count). The number of ether oxygens (including phenoxy) is 1. The first-order chi connectivity index (χ1) is 17.9. The molecular formula is C26H29N3O7S2. The molecule has 202 valence electrons. The van der Waals surface area contributed by atoms with E-state index < -0.39 is 38.1 Å². The molecule has 12 heteroatoms. The van der Waals surface area contributed by atoms with Gasteiger partial charge in [0, 0.05) is 24.3 Å². The molecule has 0 spiro atoms. The van der Waals surface area contributed by atoms with Gasteiger partial charge in [-0.2, -0.15) is 4.31 Å². The quantitative estimate of drug-likeness (QED) is 0.385. The van der Waals surface area contributed by atoms with E-state index in [-0.39, 0.29) is 28.4 Å². The molecule has 1 heterocycles. The number of β-amino-alcohol motifs (C(OH)–C–C–N with tert-alkyl or cyclic N) is 1. The Morgan fingerprint density at radius 1 is 0.947 bits per heavy atom. The number of amides is 1. The molecule has 0 unspecified atom stereocenters. The minimum absolute atomic E-state index is 0.0170. The standard InChI is InChI=1S/C26H29N3O7S2/c1-17-4-12-23(13-5-17)38(34,35)29-16-21(30)15-24(29)26(31)27-20-7-6-18(2)25(14-20)37(32,33)28-19-8-10-22(36-3)11-9-19/h4-14,21,24,28,30H,15-16H2,1-3H3,(H,27,31)/t21-,24+/m1/s1. The van der Waals surface area contributed by atoms with Gasteiger partial charge in [0.2, 0.25) is 15.9 Å². The lowest BCUT2D eigenvalue weighted by atomic mass is 10.2. The van der Waals surface area contributed by atoms with Gasteiger partial charge in [-0.3, -0.25) is 9.52 Å². The molecule has 1 amide bonds. The molecule has 10 nitrogen and oxygen atoms in total. The Bertz CT molecular complexity index is 1540. The van der Waals surface area contributed by atoms with Crippen LogP contribution >= 0.6 is 0 Å². The van der Waals surface area contributed by atoms with Crippen molar-refractivity contribution >= 4 is 37.3 Å². The van der Waals surface area contributed by atoms with Gasteiger partial charge in [0.05, 0.1) is 23.0 Å². The number of methoxy groups -OCH3 is 1. The Kier molecular flexibility index (Phi) is 7.79. The first kappa shape index (κ1) is 27.6. The van der Waals surface area contributed by atoms with Crippen LogP contribution in [0.15, 0.2) is 76.5 Å². The molecule has 0 aromatic heterocycles. The van der Waals surface area contributed by atoms with Gasteiger partial charge in [-0.15, -0.1) is 0 Å². The van der Waals surface area contributed by atoms with E-state index in [0.717, 1.165) is 9.87 Å². The molecule has 0 bridgehead atoms. The van der Waals surface area contributed by atoms with Gasteiger partial charge in [-0.25, -0.2) is 16.8 Å². The molecule has 1 aliphatic heterocycles. The zero-order valence-electron chi connectivity index (χ0n) is 21.1. The van der Waals surface area contributed by atoms with Crippen LogP contribution in [-0.4, -0.2) is 58.0 Å². The number of hydrogen-bond donors (Lipinski definition) is 3. The number of hydrogen-bond acceptors (Lipinski definition) is 7. The summed E-state index contributed by atoms with van der Waals surface area (Å²) in [6, 6.07) is 15.8. The lowest BCUT2D eigenvalue weighted by Gasteiger charge is -2.23. The highest BCUT2D eigenvalue weighted by Crippen LogP contribution is 2.29. The van der Waals surface area contributed by atoms with Crippen molar-refractivity contribution in [2.75, 3.05) is 23.7 Å². The van der Waals surface area contributed by atoms with Crippen molar-refractivity contribution in [2.24, 2.45) is 0 Å². The lowest BCUT2D eigenvalue weighted by Crippen LogP contribution is -2.43. The molecule has 0 saturated carbocycles. The van der Waals surface area contributed by atoms with E-state index in [2.05, 4.69) is 10.0 Å². The first-order valence-electron chi connectivity index (χ1n) is 11.8. The van der Waals surface area contributed by atoms with Crippen LogP contribution in [0.5, 0.6) is 5.75 Å². The molecule has 1 aliphatic rings. The Labute approximate surface area is 222 Å². The summed E-state index contributed by atoms with van der Waals surface area (Å²) in [5, 5.41) is 12.8. The topological polar surface area (TPSA) is 142 Å². The van der Waals surface area contributed by atoms with Crippen LogP contribution < -0.4 is 14.8 Å². The van der Waals surface area contributed by atoms with Crippen LogP contribution in [-0.2, 0) is 24.8 Å². The average molecular weight is 560 g/mol. The second kappa shape index (κ2) is 10.7. The molecule has 38 heavy (non-hydrogen) atoms. The normalized spacial score (nSPS) is 18.2. The van der Waals surface area contributed by atoms with Crippen molar-refractivity contribution in [1.82, 2.24) is 4.31 Å². The maximum absolute atomic E-state index is 13.2. The van der Waals surface area contributed by atoms with Crippen LogP contribution in [0.4, 0.5) is 11.4 Å². The fraction of sp³-hybridized carbons (Fsp3) is 0.269. The Morgan fingerprint density at radius 3 is 2.21 bits per heavy atom. The van der Waals surface area contributed by atoms with Gasteiger partial charge < -0.3 is 15.2 Å². The molecule has 0 aliphatic carbocycles. The summed E-state index contributed by atoms with van der Waals surface area (Å²) in [5.74, 6) is -0.100. The van der Waals surface area contributed by atoms with Crippen LogP contribution in [0.2, 0.25) is 0 Å². The molecular weight excluding hydrogens is 530 g/mol. The minimum Gasteiger partial charge on any atom is -0.497 e. The van der Waals surface area contributed by atoms with E-state index in [9.17, 15) is 26.7 Å². The van der Waals surface area contributed by atoms with Gasteiger partial charge in [0.1, 0.15) is 11.8 Å². The van der Waals surface area contributed by atoms with E-state index in [0.29, 0.717) is 17.0 Å². The Balaban J connectivity index is 1.56. The monoisotopic (exact) mass is 559 g/mol. The number of rotatable bonds is 8. The van der Waals surface area contributed by atoms with Gasteiger partial charge >= 0.3 is 0 Å². The van der Waals surface area contributed by atoms with Gasteiger partial charge in [-0.1, -0.05) is 23.8 Å². The minimum atomic E-state index is -4.05. The molecule has 3 N–H and O–H groups in total. The largest absolute Gasteiger partial charge is 0.497 e. The molecule has 1 saturated heterocycles. The zero-order chi connectivity index (χ0) is 27.7. The molecule has 1 fully saturated rings. The second-order valence-electron chi connectivity index (χ2n) is 9.10. The predicted octanol–water partition coefficient (Wildman–Crippen LogP) is 2.88. The van der Waals surface area contributed by atoms with Crippen molar-refractivity contribution in [2.45, 2.75) is 42.2 Å². The van der Waals surface area contributed by atoms with E-state index in [1.165, 1.54) is 31.4 Å². The number of carbonyl (C=O) groups excluding carboxylic acids is 1. The fourth-order valence-corrected chi connectivity index (χ4v) is 7.16. The number of nitrogens with zero attached hydrogens (tertiary/aromatic N) is 1. The van der Waals surface area contributed by atoms with Crippen molar-refractivity contribution in [3.8, 4) is 5.75 Å². The van der Waals surface area contributed by atoms with Crippen LogP contribution in [0.25, 0.3) is 0 Å². The average Bonchev–Trinajstić information content (AvgIpc) is 3.28. The smallest absolute Gasteiger partial charge is 0.262 e. The van der Waals surface area contributed by atoms with E-state index >= 15 is 0 Å². The van der Waals surface area contributed by atoms with Crippen molar-refractivity contribution in [3.63, 3.8) is 0 Å². The van der Waals surface area contributed by atoms with Gasteiger partial charge in [0.15, 0.2) is 0 Å². The maximum atomic E-state index is 13.2. The van der Waals surface area contributed by atoms with Crippen LogP contribution in [0.1, 0.15) is 17.5 Å². The third-order valence-corrected chi connectivity index (χ3v) is 9.66. The highest BCUT2D eigenvalue weighted by molar-refractivity contribution is 7.92. The van der Waals surface area contributed by atoms with Crippen LogP contribution in [0, 0.1) is 13.8 Å². The third-order valence-electron chi connectivity index (χ3n) is 6.25. The molecule has 3 aromatic rings. The highest BCUT2D eigenvalue weighted by Gasteiger charge is 2.43. The summed E-state index contributed by atoms with van der Waals surface area (Å²) < 4.78 is 61.3. The molecule has 2 atom stereocenters. The predicted molar refractivity (Wildman–Crippen MR) is 143 cm³/mol. The van der Waals surface area contributed by atoms with Crippen molar-refractivity contribution in [3.05, 3.63) is 77.9 Å². The fourth-order valence-electron chi connectivity index (χ4n) is 4.20. The van der Waals surface area contributed by atoms with E-state index in [1.54, 1.807) is 49.4 Å². The number of carbonyl (C=O) groups is 1. The summed E-state index contributed by atoms with van der Waals surface area (Å²) in [4.78, 5) is 13.2. The van der Waals surface area contributed by atoms with E-state index in [4.69, 9.17) is 4.74 Å². The number of aryl methyl sites for hydroxylation is 2. The number of anilines is 2. The summed E-state index contributed by atoms with van der Waals surface area (Å²) in [6.07, 6.45) is -1.11. The van der Waals surface area contributed by atoms with Crippen LogP contribution in [0.3, 0.4) is 0 Å². The van der Waals surface area contributed by atoms with Crippen molar-refractivity contribution in [1.29, 1.82) is 0 Å². The van der Waals surface area contributed by atoms with Crippen molar-refractivity contribution < 1.29 is 31.5 Å². The maximum Gasteiger partial charge on any atom is 0.262 e. The zero-order valence-corrected chi connectivity index (χ0v) is 22.7. The Hall–Kier alpha value is -3.45. The summed E-state index contributed by atoms with van der Waals surface area (Å²) in [5.41, 5.74) is 1.83. The highest BCUT2D eigenvalue weighted by atomic mass is 32.2. The SMILES string of the molecule is COc1ccc(NS(=O)(=O)c2cc(NC(=O)[C@@H]3C[C@@H](O)CN3S(=O)(=O)c3ccc(C)cc3)ccc2C)cc1. The lowest BCUT2D eigenvalue weighted by molar-refractivity contribution is -0.119. The number of aliphatic hydroxyl groups is 1. The molecule has 3 aromatic carbocycles. The molecule has 0 radical (unpaired) electrons. The third kappa shape index (κ3) is 5.83. The number of nitrogens with one attached hydrogen (secondary N) is 2. The van der Waals surface area contributed by atoms with E-state index in [1.807, 2.05) is 6.92 Å². The first-order valence-corrected chi connectivity index (χ1v) is 14.7. The number of aliphatic hydroxyl groups excluding tert-OH is 1. The number of sulfonamides is 2.